The summed E-state index contributed by atoms with van der Waals surface area (Å²) in [5.74, 6) is 0.653. The predicted octanol–water partition coefficient (Wildman–Crippen LogP) is 2.53. The molecule has 4 heteroatoms. The van der Waals surface area contributed by atoms with Gasteiger partial charge in [-0.1, -0.05) is 19.9 Å². The highest BCUT2D eigenvalue weighted by Crippen LogP contribution is 2.22. The maximum atomic E-state index is 9.20. The molecular weight excluding hydrogens is 262 g/mol. The van der Waals surface area contributed by atoms with Crippen LogP contribution in [0.25, 0.3) is 0 Å². The van der Waals surface area contributed by atoms with Crippen molar-refractivity contribution in [2.45, 2.75) is 45.3 Å². The number of nitrogens with zero attached hydrogens (tertiary/aromatic N) is 2. The van der Waals surface area contributed by atoms with Crippen LogP contribution in [0.2, 0.25) is 0 Å². The van der Waals surface area contributed by atoms with Gasteiger partial charge in [-0.25, -0.2) is 0 Å². The van der Waals surface area contributed by atoms with Crippen LogP contribution in [0.1, 0.15) is 37.8 Å². The Labute approximate surface area is 127 Å². The Balaban J connectivity index is 2.13. The van der Waals surface area contributed by atoms with Gasteiger partial charge in [0, 0.05) is 31.7 Å². The van der Waals surface area contributed by atoms with Crippen LogP contribution in [0.5, 0.6) is 5.75 Å². The lowest BCUT2D eigenvalue weighted by Crippen LogP contribution is -2.55. The van der Waals surface area contributed by atoms with Crippen LogP contribution in [0.4, 0.5) is 0 Å². The Bertz CT molecular complexity index is 509. The molecule has 1 saturated heterocycles. The highest BCUT2D eigenvalue weighted by Gasteiger charge is 2.25. The molecule has 0 amide bonds. The van der Waals surface area contributed by atoms with Crippen molar-refractivity contribution in [2.24, 2.45) is 0 Å². The number of hydrogen-bond acceptors (Lipinski definition) is 4. The van der Waals surface area contributed by atoms with E-state index in [0.717, 1.165) is 32.5 Å². The molecule has 114 valence electrons. The first-order valence-electron chi connectivity index (χ1n) is 7.76. The van der Waals surface area contributed by atoms with Gasteiger partial charge < -0.3 is 10.1 Å². The lowest BCUT2D eigenvalue weighted by atomic mass is 10.0. The second-order valence-electron chi connectivity index (χ2n) is 5.65. The number of rotatable bonds is 5. The van der Waals surface area contributed by atoms with E-state index in [2.05, 4.69) is 36.2 Å². The van der Waals surface area contributed by atoms with E-state index in [1.807, 2.05) is 12.1 Å². The number of hydrogen-bond donors (Lipinski definition) is 1. The minimum atomic E-state index is 0.570. The Morgan fingerprint density at radius 3 is 2.81 bits per heavy atom. The largest absolute Gasteiger partial charge is 0.495 e. The van der Waals surface area contributed by atoms with Crippen LogP contribution in [-0.4, -0.2) is 37.2 Å². The normalized spacial score (nSPS) is 22.8. The van der Waals surface area contributed by atoms with Crippen LogP contribution < -0.4 is 10.1 Å². The zero-order chi connectivity index (χ0) is 15.2. The third-order valence-corrected chi connectivity index (χ3v) is 4.35. The Kier molecular flexibility index (Phi) is 5.60. The topological polar surface area (TPSA) is 48.3 Å². The summed E-state index contributed by atoms with van der Waals surface area (Å²) in [4.78, 5) is 2.54. The van der Waals surface area contributed by atoms with Gasteiger partial charge >= 0.3 is 0 Å². The third kappa shape index (κ3) is 3.75. The maximum Gasteiger partial charge on any atom is 0.136 e. The highest BCUT2D eigenvalue weighted by molar-refractivity contribution is 5.45. The molecule has 2 rings (SSSR count). The molecule has 0 aliphatic carbocycles. The maximum absolute atomic E-state index is 9.20. The number of benzene rings is 1. The molecule has 0 radical (unpaired) electrons. The van der Waals surface area contributed by atoms with Crippen molar-refractivity contribution in [2.75, 3.05) is 20.2 Å². The van der Waals surface area contributed by atoms with Crippen molar-refractivity contribution < 1.29 is 4.74 Å². The van der Waals surface area contributed by atoms with Gasteiger partial charge in [-0.05, 0) is 30.5 Å². The molecular formula is C17H25N3O. The summed E-state index contributed by atoms with van der Waals surface area (Å²) in [5, 5.41) is 12.8. The van der Waals surface area contributed by atoms with E-state index in [9.17, 15) is 5.26 Å². The molecule has 1 aliphatic heterocycles. The monoisotopic (exact) mass is 287 g/mol. The molecule has 0 saturated carbocycles. The summed E-state index contributed by atoms with van der Waals surface area (Å²) in [6, 6.07) is 9.27. The number of methoxy groups -OCH3 is 1. The lowest BCUT2D eigenvalue weighted by Gasteiger charge is -2.40. The molecule has 1 aliphatic rings. The molecule has 1 aromatic rings. The van der Waals surface area contributed by atoms with Crippen molar-refractivity contribution in [3.63, 3.8) is 0 Å². The zero-order valence-corrected chi connectivity index (χ0v) is 13.2. The van der Waals surface area contributed by atoms with Crippen LogP contribution >= 0.6 is 0 Å². The third-order valence-electron chi connectivity index (χ3n) is 4.35. The summed E-state index contributed by atoms with van der Waals surface area (Å²) in [6.07, 6.45) is 2.30. The van der Waals surface area contributed by atoms with Crippen molar-refractivity contribution in [1.29, 1.82) is 5.26 Å². The number of nitriles is 1. The van der Waals surface area contributed by atoms with Crippen LogP contribution in [0.15, 0.2) is 18.2 Å². The molecule has 2 atom stereocenters. The van der Waals surface area contributed by atoms with Gasteiger partial charge in [-0.15, -0.1) is 0 Å². The number of ether oxygens (including phenoxy) is 1. The Morgan fingerprint density at radius 1 is 1.38 bits per heavy atom. The summed E-state index contributed by atoms with van der Waals surface area (Å²) < 4.78 is 5.21. The first-order valence-corrected chi connectivity index (χ1v) is 7.76. The summed E-state index contributed by atoms with van der Waals surface area (Å²) in [7, 11) is 1.60. The van der Waals surface area contributed by atoms with Gasteiger partial charge in [0.2, 0.25) is 0 Å². The first-order chi connectivity index (χ1) is 10.2. The van der Waals surface area contributed by atoms with Crippen molar-refractivity contribution in [1.82, 2.24) is 10.2 Å². The smallest absolute Gasteiger partial charge is 0.136 e. The minimum absolute atomic E-state index is 0.570. The van der Waals surface area contributed by atoms with Gasteiger partial charge in [0.05, 0.1) is 12.7 Å². The molecule has 1 N–H and O–H groups in total. The van der Waals surface area contributed by atoms with E-state index < -0.39 is 0 Å². The van der Waals surface area contributed by atoms with E-state index in [1.165, 1.54) is 5.56 Å². The molecule has 21 heavy (non-hydrogen) atoms. The Hall–Kier alpha value is -1.57. The van der Waals surface area contributed by atoms with E-state index in [-0.39, 0.29) is 0 Å². The molecule has 4 nitrogen and oxygen atoms in total. The molecule has 0 bridgehead atoms. The first kappa shape index (κ1) is 15.8. The van der Waals surface area contributed by atoms with Crippen LogP contribution in [0, 0.1) is 11.3 Å². The minimum Gasteiger partial charge on any atom is -0.495 e. The second-order valence-corrected chi connectivity index (χ2v) is 5.65. The molecule has 2 unspecified atom stereocenters. The van der Waals surface area contributed by atoms with E-state index >= 15 is 0 Å². The average Bonchev–Trinajstić information content (AvgIpc) is 2.54. The van der Waals surface area contributed by atoms with Crippen molar-refractivity contribution in [3.8, 4) is 11.8 Å². The molecule has 1 fully saturated rings. The second kappa shape index (κ2) is 7.44. The average molecular weight is 287 g/mol. The standard InChI is InChI=1S/C17H25N3O/c1-4-15-12-20(16(5-2)10-19-15)11-13-6-7-17(21-3)14(8-13)9-18/h6-8,15-16,19H,4-5,10-12H2,1-3H3. The predicted molar refractivity (Wildman–Crippen MR) is 84.3 cm³/mol. The lowest BCUT2D eigenvalue weighted by molar-refractivity contribution is 0.117. The SMILES string of the molecule is CCC1CN(Cc2ccc(OC)c(C#N)c2)C(CC)CN1. The van der Waals surface area contributed by atoms with E-state index in [4.69, 9.17) is 4.74 Å². The number of nitrogens with one attached hydrogen (secondary N) is 1. The summed E-state index contributed by atoms with van der Waals surface area (Å²) >= 11 is 0. The Morgan fingerprint density at radius 2 is 2.19 bits per heavy atom. The molecule has 0 aromatic heterocycles. The molecule has 1 aromatic carbocycles. The summed E-state index contributed by atoms with van der Waals surface area (Å²) in [6.45, 7) is 7.48. The van der Waals surface area contributed by atoms with E-state index in [0.29, 0.717) is 23.4 Å². The molecule has 1 heterocycles. The van der Waals surface area contributed by atoms with Crippen molar-refractivity contribution in [3.05, 3.63) is 29.3 Å². The zero-order valence-electron chi connectivity index (χ0n) is 13.2. The van der Waals surface area contributed by atoms with Gasteiger partial charge in [0.1, 0.15) is 11.8 Å². The van der Waals surface area contributed by atoms with Gasteiger partial charge in [0.25, 0.3) is 0 Å². The van der Waals surface area contributed by atoms with Crippen LogP contribution in [-0.2, 0) is 6.54 Å². The quantitative estimate of drug-likeness (QED) is 0.904. The number of piperazine rings is 1. The summed E-state index contributed by atoms with van der Waals surface area (Å²) in [5.41, 5.74) is 1.80. The van der Waals surface area contributed by atoms with E-state index in [1.54, 1.807) is 7.11 Å². The fourth-order valence-corrected chi connectivity index (χ4v) is 2.97. The fraction of sp³-hybridized carbons (Fsp3) is 0.588. The highest BCUT2D eigenvalue weighted by atomic mass is 16.5. The van der Waals surface area contributed by atoms with Gasteiger partial charge in [0.15, 0.2) is 0 Å². The molecule has 0 spiro atoms. The van der Waals surface area contributed by atoms with Gasteiger partial charge in [-0.2, -0.15) is 5.26 Å². The van der Waals surface area contributed by atoms with Crippen molar-refractivity contribution >= 4 is 0 Å². The van der Waals surface area contributed by atoms with Crippen LogP contribution in [0.3, 0.4) is 0 Å². The van der Waals surface area contributed by atoms with Gasteiger partial charge in [-0.3, -0.25) is 4.90 Å². The fourth-order valence-electron chi connectivity index (χ4n) is 2.97.